The molecule has 5 heteroatoms. The average molecular weight is 377 g/mol. The van der Waals surface area contributed by atoms with Crippen molar-refractivity contribution in [3.05, 3.63) is 70.3 Å². The first-order valence-electron chi connectivity index (χ1n) is 9.31. The summed E-state index contributed by atoms with van der Waals surface area (Å²) in [5.41, 5.74) is 3.59. The maximum atomic E-state index is 13.8. The smallest absolute Gasteiger partial charge is 0.131 e. The summed E-state index contributed by atoms with van der Waals surface area (Å²) < 4.78 is 38.4. The van der Waals surface area contributed by atoms with Crippen LogP contribution in [0.15, 0.2) is 36.4 Å². The lowest BCUT2D eigenvalue weighted by Gasteiger charge is -2.22. The highest BCUT2D eigenvalue weighted by atomic mass is 19.1. The summed E-state index contributed by atoms with van der Waals surface area (Å²) in [6.45, 7) is 6.75. The molecule has 1 atom stereocenters. The Morgan fingerprint density at radius 2 is 1.63 bits per heavy atom. The molecule has 0 bridgehead atoms. The van der Waals surface area contributed by atoms with Crippen LogP contribution in [0.4, 0.5) is 8.78 Å². The molecule has 2 aromatic carbocycles. The van der Waals surface area contributed by atoms with Crippen molar-refractivity contribution in [1.29, 1.82) is 0 Å². The average Bonchev–Trinajstić information content (AvgIpc) is 2.63. The van der Waals surface area contributed by atoms with Gasteiger partial charge in [0.25, 0.3) is 0 Å². The normalized spacial score (nSPS) is 12.3. The zero-order valence-electron chi connectivity index (χ0n) is 16.4. The second-order valence-electron chi connectivity index (χ2n) is 6.77. The van der Waals surface area contributed by atoms with Gasteiger partial charge in [-0.3, -0.25) is 0 Å². The van der Waals surface area contributed by atoms with Crippen molar-refractivity contribution in [3.8, 4) is 0 Å². The Labute approximate surface area is 160 Å². The molecular weight excluding hydrogens is 348 g/mol. The van der Waals surface area contributed by atoms with Crippen LogP contribution in [-0.2, 0) is 16.1 Å². The number of halogens is 2. The maximum absolute atomic E-state index is 13.8. The molecule has 0 heterocycles. The van der Waals surface area contributed by atoms with Gasteiger partial charge in [0.05, 0.1) is 13.2 Å². The zero-order chi connectivity index (χ0) is 19.6. The van der Waals surface area contributed by atoms with Crippen LogP contribution in [-0.4, -0.2) is 33.4 Å². The number of aryl methyl sites for hydroxylation is 2. The molecule has 0 spiro atoms. The third-order valence-electron chi connectivity index (χ3n) is 4.67. The molecule has 0 saturated heterocycles. The lowest BCUT2D eigenvalue weighted by atomic mass is 9.91. The minimum atomic E-state index is -0.573. The van der Waals surface area contributed by atoms with Crippen LogP contribution in [0.3, 0.4) is 0 Å². The number of rotatable bonds is 11. The van der Waals surface area contributed by atoms with E-state index in [1.165, 1.54) is 34.9 Å². The minimum Gasteiger partial charge on any atom is -0.385 e. The standard InChI is InChI=1S/C22H29F2NO2/c1-16-7-4-8-17(2)22(16)18(13-25-11-6-12-26-3)14-27-15-19-20(23)9-5-10-21(19)24/h4-5,7-10,18,25H,6,11-15H2,1-3H3. The molecule has 3 nitrogen and oxygen atoms in total. The molecule has 0 fully saturated rings. The van der Waals surface area contributed by atoms with Gasteiger partial charge >= 0.3 is 0 Å². The number of hydrogen-bond donors (Lipinski definition) is 1. The second-order valence-corrected chi connectivity index (χ2v) is 6.77. The monoisotopic (exact) mass is 377 g/mol. The van der Waals surface area contributed by atoms with Crippen LogP contribution in [0.2, 0.25) is 0 Å². The molecule has 2 rings (SSSR count). The van der Waals surface area contributed by atoms with E-state index in [4.69, 9.17) is 9.47 Å². The van der Waals surface area contributed by atoms with Gasteiger partial charge in [-0.25, -0.2) is 8.78 Å². The van der Waals surface area contributed by atoms with E-state index >= 15 is 0 Å². The van der Waals surface area contributed by atoms with Crippen LogP contribution in [0.5, 0.6) is 0 Å². The molecule has 0 aliphatic heterocycles. The Bertz CT molecular complexity index is 681. The second kappa shape index (κ2) is 11.1. The Balaban J connectivity index is 2.03. The third kappa shape index (κ3) is 6.38. The van der Waals surface area contributed by atoms with Crippen LogP contribution in [0, 0.1) is 25.5 Å². The molecule has 0 saturated carbocycles. The predicted molar refractivity (Wildman–Crippen MR) is 104 cm³/mol. The first-order chi connectivity index (χ1) is 13.0. The SMILES string of the molecule is COCCCNCC(COCc1c(F)cccc1F)c1c(C)cccc1C. The third-order valence-corrected chi connectivity index (χ3v) is 4.67. The summed E-state index contributed by atoms with van der Waals surface area (Å²) >= 11 is 0. The van der Waals surface area contributed by atoms with E-state index in [1.807, 2.05) is 6.07 Å². The molecule has 2 aromatic rings. The fourth-order valence-electron chi connectivity index (χ4n) is 3.31. The summed E-state index contributed by atoms with van der Waals surface area (Å²) in [4.78, 5) is 0. The Hall–Kier alpha value is -1.82. The Morgan fingerprint density at radius 3 is 2.26 bits per heavy atom. The van der Waals surface area contributed by atoms with Crippen molar-refractivity contribution in [2.45, 2.75) is 32.8 Å². The van der Waals surface area contributed by atoms with Crippen molar-refractivity contribution in [3.63, 3.8) is 0 Å². The summed E-state index contributed by atoms with van der Waals surface area (Å²) in [6, 6.07) is 10.1. The van der Waals surface area contributed by atoms with Gasteiger partial charge in [0.1, 0.15) is 11.6 Å². The molecule has 0 aromatic heterocycles. The molecule has 1 unspecified atom stereocenters. The van der Waals surface area contributed by atoms with Crippen LogP contribution < -0.4 is 5.32 Å². The summed E-state index contributed by atoms with van der Waals surface area (Å²) in [7, 11) is 1.69. The van der Waals surface area contributed by atoms with Gasteiger partial charge in [-0.1, -0.05) is 24.3 Å². The summed E-state index contributed by atoms with van der Waals surface area (Å²) in [5.74, 6) is -1.05. The molecule has 27 heavy (non-hydrogen) atoms. The molecule has 0 aliphatic carbocycles. The van der Waals surface area contributed by atoms with Gasteiger partial charge in [0, 0.05) is 31.7 Å². The van der Waals surface area contributed by atoms with Crippen LogP contribution >= 0.6 is 0 Å². The molecule has 148 valence electrons. The van der Waals surface area contributed by atoms with Crippen LogP contribution in [0.1, 0.15) is 34.6 Å². The fraction of sp³-hybridized carbons (Fsp3) is 0.455. The van der Waals surface area contributed by atoms with E-state index in [0.29, 0.717) is 13.2 Å². The summed E-state index contributed by atoms with van der Waals surface area (Å²) in [5, 5.41) is 3.44. The molecule has 0 radical (unpaired) electrons. The minimum absolute atomic E-state index is 0.0224. The van der Waals surface area contributed by atoms with Crippen molar-refractivity contribution >= 4 is 0 Å². The number of ether oxygens (including phenoxy) is 2. The fourth-order valence-corrected chi connectivity index (χ4v) is 3.31. The van der Waals surface area contributed by atoms with Crippen molar-refractivity contribution in [2.75, 3.05) is 33.4 Å². The van der Waals surface area contributed by atoms with Crippen molar-refractivity contribution < 1.29 is 18.3 Å². The van der Waals surface area contributed by atoms with E-state index in [2.05, 4.69) is 31.3 Å². The first-order valence-corrected chi connectivity index (χ1v) is 9.31. The van der Waals surface area contributed by atoms with Crippen LogP contribution in [0.25, 0.3) is 0 Å². The van der Waals surface area contributed by atoms with Crippen molar-refractivity contribution in [1.82, 2.24) is 5.32 Å². The highest BCUT2D eigenvalue weighted by Crippen LogP contribution is 2.24. The Kier molecular flexibility index (Phi) is 8.85. The van der Waals surface area contributed by atoms with E-state index in [-0.39, 0.29) is 18.1 Å². The quantitative estimate of drug-likeness (QED) is 0.585. The molecular formula is C22H29F2NO2. The van der Waals surface area contributed by atoms with E-state index in [1.54, 1.807) is 7.11 Å². The number of nitrogens with one attached hydrogen (secondary N) is 1. The molecule has 0 aliphatic rings. The number of benzene rings is 2. The lowest BCUT2D eigenvalue weighted by molar-refractivity contribution is 0.101. The van der Waals surface area contributed by atoms with Gasteiger partial charge in [0.15, 0.2) is 0 Å². The summed E-state index contributed by atoms with van der Waals surface area (Å²) in [6.07, 6.45) is 0.928. The molecule has 0 amide bonds. The van der Waals surface area contributed by atoms with E-state index in [0.717, 1.165) is 19.5 Å². The van der Waals surface area contributed by atoms with Gasteiger partial charge in [-0.05, 0) is 55.6 Å². The highest BCUT2D eigenvalue weighted by Gasteiger charge is 2.17. The Morgan fingerprint density at radius 1 is 1.00 bits per heavy atom. The predicted octanol–water partition coefficient (Wildman–Crippen LogP) is 4.51. The lowest BCUT2D eigenvalue weighted by Crippen LogP contribution is -2.27. The highest BCUT2D eigenvalue weighted by molar-refractivity contribution is 5.37. The van der Waals surface area contributed by atoms with Gasteiger partial charge in [-0.15, -0.1) is 0 Å². The first kappa shape index (κ1) is 21.5. The largest absolute Gasteiger partial charge is 0.385 e. The maximum Gasteiger partial charge on any atom is 0.131 e. The van der Waals surface area contributed by atoms with E-state index in [9.17, 15) is 8.78 Å². The number of methoxy groups -OCH3 is 1. The number of hydrogen-bond acceptors (Lipinski definition) is 3. The van der Waals surface area contributed by atoms with Gasteiger partial charge in [0.2, 0.25) is 0 Å². The molecule has 1 N–H and O–H groups in total. The van der Waals surface area contributed by atoms with Gasteiger partial charge < -0.3 is 14.8 Å². The van der Waals surface area contributed by atoms with E-state index < -0.39 is 11.6 Å². The van der Waals surface area contributed by atoms with Gasteiger partial charge in [-0.2, -0.15) is 0 Å². The van der Waals surface area contributed by atoms with Crippen molar-refractivity contribution in [2.24, 2.45) is 0 Å². The topological polar surface area (TPSA) is 30.5 Å². The zero-order valence-corrected chi connectivity index (χ0v) is 16.4.